The van der Waals surface area contributed by atoms with Gasteiger partial charge in [0.05, 0.1) is 5.75 Å². The van der Waals surface area contributed by atoms with E-state index in [9.17, 15) is 0 Å². The fourth-order valence-electron chi connectivity index (χ4n) is 1.09. The molecular formula is C11H8N2O2S. The van der Waals surface area contributed by atoms with Crippen LogP contribution in [0.2, 0.25) is 0 Å². The molecule has 1 aromatic carbocycles. The third-order valence-corrected chi connectivity index (χ3v) is 2.52. The highest BCUT2D eigenvalue weighted by atomic mass is 32.2. The molecule has 0 saturated heterocycles. The van der Waals surface area contributed by atoms with E-state index in [0.717, 1.165) is 5.56 Å². The Balaban J connectivity index is 2.18. The lowest BCUT2D eigenvalue weighted by Gasteiger charge is -1.94. The van der Waals surface area contributed by atoms with Gasteiger partial charge >= 0.3 is 0 Å². The topological polar surface area (TPSA) is 59.2 Å². The average molecular weight is 232 g/mol. The van der Waals surface area contributed by atoms with Crippen LogP contribution in [0.5, 0.6) is 5.75 Å². The zero-order valence-electron chi connectivity index (χ0n) is 8.25. The standard InChI is InChI=1S/C11H8N2O2S/c1-2-7-16-11-13-12-10(15-11)8-3-5-9(14)6-4-8/h1,3-6,14H,7H2. The van der Waals surface area contributed by atoms with Crippen molar-refractivity contribution in [3.05, 3.63) is 24.3 Å². The number of nitrogens with zero attached hydrogens (tertiary/aromatic N) is 2. The lowest BCUT2D eigenvalue weighted by molar-refractivity contribution is 0.465. The minimum absolute atomic E-state index is 0.199. The average Bonchev–Trinajstić information content (AvgIpc) is 2.76. The Bertz CT molecular complexity index is 514. The summed E-state index contributed by atoms with van der Waals surface area (Å²) in [6.07, 6.45) is 5.12. The molecule has 0 atom stereocenters. The monoisotopic (exact) mass is 232 g/mol. The van der Waals surface area contributed by atoms with Crippen LogP contribution in [0, 0.1) is 12.3 Å². The van der Waals surface area contributed by atoms with Crippen LogP contribution in [0.4, 0.5) is 0 Å². The molecule has 0 bridgehead atoms. The van der Waals surface area contributed by atoms with Crippen LogP contribution in [0.3, 0.4) is 0 Å². The largest absolute Gasteiger partial charge is 0.508 e. The van der Waals surface area contributed by atoms with Crippen molar-refractivity contribution < 1.29 is 9.52 Å². The molecule has 0 aliphatic heterocycles. The molecule has 80 valence electrons. The van der Waals surface area contributed by atoms with E-state index in [-0.39, 0.29) is 5.75 Å². The van der Waals surface area contributed by atoms with Gasteiger partial charge in [-0.1, -0.05) is 17.7 Å². The molecule has 1 aromatic heterocycles. The summed E-state index contributed by atoms with van der Waals surface area (Å²) in [5.74, 6) is 3.59. The van der Waals surface area contributed by atoms with Crippen LogP contribution in [-0.2, 0) is 0 Å². The third-order valence-electron chi connectivity index (χ3n) is 1.80. The molecule has 2 rings (SSSR count). The summed E-state index contributed by atoms with van der Waals surface area (Å²) in [6.45, 7) is 0. The smallest absolute Gasteiger partial charge is 0.277 e. The van der Waals surface area contributed by atoms with Gasteiger partial charge in [-0.25, -0.2) is 0 Å². The molecule has 0 amide bonds. The lowest BCUT2D eigenvalue weighted by Crippen LogP contribution is -1.76. The molecule has 0 saturated carbocycles. The number of terminal acetylenes is 1. The van der Waals surface area contributed by atoms with Crippen molar-refractivity contribution in [3.63, 3.8) is 0 Å². The van der Waals surface area contributed by atoms with Crippen molar-refractivity contribution >= 4 is 11.8 Å². The number of phenolic OH excluding ortho intramolecular Hbond substituents is 1. The summed E-state index contributed by atoms with van der Waals surface area (Å²) < 4.78 is 5.38. The second-order valence-electron chi connectivity index (χ2n) is 2.91. The summed E-state index contributed by atoms with van der Waals surface area (Å²) in [6, 6.07) is 6.54. The maximum atomic E-state index is 9.13. The van der Waals surface area contributed by atoms with Gasteiger partial charge in [-0.15, -0.1) is 16.6 Å². The van der Waals surface area contributed by atoms with Crippen molar-refractivity contribution in [3.8, 4) is 29.5 Å². The molecule has 0 radical (unpaired) electrons. The molecule has 0 spiro atoms. The van der Waals surface area contributed by atoms with Crippen molar-refractivity contribution in [2.24, 2.45) is 0 Å². The predicted octanol–water partition coefficient (Wildman–Crippen LogP) is 2.17. The van der Waals surface area contributed by atoms with Crippen LogP contribution >= 0.6 is 11.8 Å². The van der Waals surface area contributed by atoms with Crippen LogP contribution in [0.25, 0.3) is 11.5 Å². The van der Waals surface area contributed by atoms with Gasteiger partial charge in [0.2, 0.25) is 5.89 Å². The summed E-state index contributed by atoms with van der Waals surface area (Å²) in [5, 5.41) is 17.3. The van der Waals surface area contributed by atoms with Crippen molar-refractivity contribution in [2.75, 3.05) is 5.75 Å². The highest BCUT2D eigenvalue weighted by molar-refractivity contribution is 7.99. The molecule has 0 unspecified atom stereocenters. The number of hydrogen-bond acceptors (Lipinski definition) is 5. The normalized spacial score (nSPS) is 9.94. The summed E-state index contributed by atoms with van der Waals surface area (Å²) in [7, 11) is 0. The molecule has 16 heavy (non-hydrogen) atoms. The SMILES string of the molecule is C#CCSc1nnc(-c2ccc(O)cc2)o1. The zero-order chi connectivity index (χ0) is 11.4. The van der Waals surface area contributed by atoms with Crippen LogP contribution in [0.1, 0.15) is 0 Å². The second kappa shape index (κ2) is 4.73. The molecule has 1 heterocycles. The van der Waals surface area contributed by atoms with Gasteiger partial charge in [0, 0.05) is 5.56 Å². The highest BCUT2D eigenvalue weighted by Crippen LogP contribution is 2.24. The first-order chi connectivity index (χ1) is 7.79. The Morgan fingerprint density at radius 3 is 2.75 bits per heavy atom. The summed E-state index contributed by atoms with van der Waals surface area (Å²) in [5.41, 5.74) is 0.762. The van der Waals surface area contributed by atoms with E-state index in [2.05, 4.69) is 16.1 Å². The maximum Gasteiger partial charge on any atom is 0.277 e. The number of benzene rings is 1. The van der Waals surface area contributed by atoms with E-state index in [4.69, 9.17) is 15.9 Å². The first-order valence-electron chi connectivity index (χ1n) is 4.49. The fraction of sp³-hybridized carbons (Fsp3) is 0.0909. The molecule has 5 heteroatoms. The van der Waals surface area contributed by atoms with Crippen molar-refractivity contribution in [2.45, 2.75) is 5.22 Å². The van der Waals surface area contributed by atoms with E-state index in [0.29, 0.717) is 16.9 Å². The molecular weight excluding hydrogens is 224 g/mol. The Morgan fingerprint density at radius 1 is 1.31 bits per heavy atom. The Morgan fingerprint density at radius 2 is 2.06 bits per heavy atom. The minimum atomic E-state index is 0.199. The summed E-state index contributed by atoms with van der Waals surface area (Å²) >= 11 is 1.31. The number of aromatic nitrogens is 2. The third kappa shape index (κ3) is 2.35. The van der Waals surface area contributed by atoms with E-state index in [1.165, 1.54) is 11.8 Å². The van der Waals surface area contributed by atoms with Crippen molar-refractivity contribution in [1.29, 1.82) is 0 Å². The first kappa shape index (κ1) is 10.6. The molecule has 4 nitrogen and oxygen atoms in total. The van der Waals surface area contributed by atoms with Gasteiger partial charge in [-0.2, -0.15) is 0 Å². The van der Waals surface area contributed by atoms with Gasteiger partial charge < -0.3 is 9.52 Å². The quantitative estimate of drug-likeness (QED) is 0.649. The molecule has 0 aliphatic carbocycles. The van der Waals surface area contributed by atoms with Crippen LogP contribution in [0.15, 0.2) is 33.9 Å². The predicted molar refractivity (Wildman–Crippen MR) is 61.0 cm³/mol. The van der Waals surface area contributed by atoms with Gasteiger partial charge in [0.25, 0.3) is 5.22 Å². The van der Waals surface area contributed by atoms with Gasteiger partial charge in [0.1, 0.15) is 5.75 Å². The Hall–Kier alpha value is -1.93. The van der Waals surface area contributed by atoms with Gasteiger partial charge in [0.15, 0.2) is 0 Å². The van der Waals surface area contributed by atoms with Gasteiger partial charge in [-0.3, -0.25) is 0 Å². The van der Waals surface area contributed by atoms with Crippen molar-refractivity contribution in [1.82, 2.24) is 10.2 Å². The maximum absolute atomic E-state index is 9.13. The molecule has 2 aromatic rings. The number of rotatable bonds is 3. The highest BCUT2D eigenvalue weighted by Gasteiger charge is 2.08. The van der Waals surface area contributed by atoms with E-state index in [1.54, 1.807) is 24.3 Å². The zero-order valence-corrected chi connectivity index (χ0v) is 9.07. The molecule has 1 N–H and O–H groups in total. The first-order valence-corrected chi connectivity index (χ1v) is 5.47. The molecule has 0 fully saturated rings. The van der Waals surface area contributed by atoms with E-state index in [1.807, 2.05) is 0 Å². The number of thioether (sulfide) groups is 1. The number of aromatic hydroxyl groups is 1. The van der Waals surface area contributed by atoms with Crippen LogP contribution < -0.4 is 0 Å². The second-order valence-corrected chi connectivity index (χ2v) is 3.84. The Kier molecular flexibility index (Phi) is 3.13. The van der Waals surface area contributed by atoms with E-state index >= 15 is 0 Å². The van der Waals surface area contributed by atoms with Crippen LogP contribution in [-0.4, -0.2) is 21.1 Å². The van der Waals surface area contributed by atoms with Gasteiger partial charge in [-0.05, 0) is 24.3 Å². The number of phenols is 1. The Labute approximate surface area is 96.7 Å². The minimum Gasteiger partial charge on any atom is -0.508 e. The lowest BCUT2D eigenvalue weighted by atomic mass is 10.2. The number of hydrogen-bond donors (Lipinski definition) is 1. The summed E-state index contributed by atoms with van der Waals surface area (Å²) in [4.78, 5) is 0. The molecule has 0 aliphatic rings. The fourth-order valence-corrected chi connectivity index (χ4v) is 1.54. The van der Waals surface area contributed by atoms with E-state index < -0.39 is 0 Å².